The van der Waals surface area contributed by atoms with Gasteiger partial charge in [0.25, 0.3) is 0 Å². The van der Waals surface area contributed by atoms with Gasteiger partial charge in [-0.3, -0.25) is 4.98 Å². The van der Waals surface area contributed by atoms with E-state index in [2.05, 4.69) is 15.2 Å². The van der Waals surface area contributed by atoms with E-state index in [1.54, 1.807) is 6.20 Å². The van der Waals surface area contributed by atoms with Crippen molar-refractivity contribution in [3.8, 4) is 5.75 Å². The van der Waals surface area contributed by atoms with Crippen molar-refractivity contribution in [2.45, 2.75) is 6.54 Å². The number of phenolic OH excluding ortho intramolecular Hbond substituents is 1. The van der Waals surface area contributed by atoms with Crippen LogP contribution >= 0.6 is 0 Å². The molecule has 0 fully saturated rings. The number of pyridine rings is 1. The smallest absolute Gasteiger partial charge is 0.128 e. The first-order valence-corrected chi connectivity index (χ1v) is 7.74. The Morgan fingerprint density at radius 2 is 1.67 bits per heavy atom. The van der Waals surface area contributed by atoms with E-state index in [1.165, 1.54) is 0 Å². The van der Waals surface area contributed by atoms with E-state index >= 15 is 0 Å². The molecule has 0 aliphatic rings. The average Bonchev–Trinajstić information content (AvgIpc) is 2.64. The van der Waals surface area contributed by atoms with Crippen molar-refractivity contribution in [3.05, 3.63) is 78.5 Å². The molecule has 1 heterocycles. The molecule has 0 amide bonds. The first-order valence-electron chi connectivity index (χ1n) is 7.74. The van der Waals surface area contributed by atoms with Crippen molar-refractivity contribution < 1.29 is 5.11 Å². The van der Waals surface area contributed by atoms with Gasteiger partial charge in [0.15, 0.2) is 0 Å². The number of fused-ring (bicyclic) bond motifs is 2. The molecule has 0 radical (unpaired) electrons. The molecule has 116 valence electrons. The number of azo groups is 1. The van der Waals surface area contributed by atoms with Gasteiger partial charge in [-0.25, -0.2) is 0 Å². The second-order valence-electron chi connectivity index (χ2n) is 5.55. The van der Waals surface area contributed by atoms with Gasteiger partial charge in [-0.2, -0.15) is 10.2 Å². The van der Waals surface area contributed by atoms with Gasteiger partial charge in [0.05, 0.1) is 12.1 Å². The Labute approximate surface area is 139 Å². The van der Waals surface area contributed by atoms with E-state index in [0.29, 0.717) is 6.54 Å². The minimum atomic E-state index is 0.267. The molecule has 1 aromatic heterocycles. The summed E-state index contributed by atoms with van der Waals surface area (Å²) in [5, 5.41) is 21.8. The monoisotopic (exact) mass is 313 g/mol. The maximum Gasteiger partial charge on any atom is 0.128 e. The summed E-state index contributed by atoms with van der Waals surface area (Å²) >= 11 is 0. The topological polar surface area (TPSA) is 57.8 Å². The minimum absolute atomic E-state index is 0.267. The van der Waals surface area contributed by atoms with Gasteiger partial charge in [-0.1, -0.05) is 54.6 Å². The van der Waals surface area contributed by atoms with Crippen LogP contribution in [-0.2, 0) is 6.54 Å². The quantitative estimate of drug-likeness (QED) is 0.516. The third kappa shape index (κ3) is 2.58. The van der Waals surface area contributed by atoms with Crippen molar-refractivity contribution in [2.24, 2.45) is 10.2 Å². The lowest BCUT2D eigenvalue weighted by molar-refractivity contribution is 0.474. The second-order valence-corrected chi connectivity index (χ2v) is 5.55. The number of benzene rings is 3. The molecular formula is C20H15N3O. The minimum Gasteiger partial charge on any atom is -0.507 e. The molecule has 1 N–H and O–H groups in total. The van der Waals surface area contributed by atoms with Gasteiger partial charge in [0.1, 0.15) is 11.4 Å². The van der Waals surface area contributed by atoms with Gasteiger partial charge in [-0.15, -0.1) is 0 Å². The highest BCUT2D eigenvalue weighted by Crippen LogP contribution is 2.30. The lowest BCUT2D eigenvalue weighted by Gasteiger charge is -2.05. The third-order valence-electron chi connectivity index (χ3n) is 4.02. The van der Waals surface area contributed by atoms with Crippen LogP contribution in [0, 0.1) is 0 Å². The molecular weight excluding hydrogens is 298 g/mol. The highest BCUT2D eigenvalue weighted by Gasteiger charge is 2.05. The van der Waals surface area contributed by atoms with Gasteiger partial charge >= 0.3 is 0 Å². The molecule has 0 saturated heterocycles. The van der Waals surface area contributed by atoms with Crippen LogP contribution in [0.1, 0.15) is 5.56 Å². The molecule has 4 heteroatoms. The fraction of sp³-hybridized carbons (Fsp3) is 0.0500. The SMILES string of the molecule is Oc1c(CN=Nc2cccc3cccnc23)ccc2ccccc12. The number of hydrogen-bond donors (Lipinski definition) is 1. The van der Waals surface area contributed by atoms with E-state index < -0.39 is 0 Å². The van der Waals surface area contributed by atoms with Crippen LogP contribution in [0.25, 0.3) is 21.7 Å². The number of rotatable bonds is 3. The molecule has 0 bridgehead atoms. The lowest BCUT2D eigenvalue weighted by atomic mass is 10.1. The summed E-state index contributed by atoms with van der Waals surface area (Å²) in [6, 6.07) is 21.3. The van der Waals surface area contributed by atoms with Crippen LogP contribution in [0.2, 0.25) is 0 Å². The first kappa shape index (κ1) is 14.3. The number of aromatic hydroxyl groups is 1. The Kier molecular flexibility index (Phi) is 3.63. The zero-order chi connectivity index (χ0) is 16.4. The number of para-hydroxylation sites is 1. The number of nitrogens with zero attached hydrogens (tertiary/aromatic N) is 3. The van der Waals surface area contributed by atoms with E-state index in [-0.39, 0.29) is 5.75 Å². The third-order valence-corrected chi connectivity index (χ3v) is 4.02. The van der Waals surface area contributed by atoms with Crippen molar-refractivity contribution in [1.82, 2.24) is 4.98 Å². The van der Waals surface area contributed by atoms with Crippen LogP contribution in [0.4, 0.5) is 5.69 Å². The molecule has 4 rings (SSSR count). The summed E-state index contributed by atoms with van der Waals surface area (Å²) in [6.45, 7) is 0.319. The molecule has 4 aromatic rings. The van der Waals surface area contributed by atoms with Crippen LogP contribution in [0.3, 0.4) is 0 Å². The predicted octanol–water partition coefficient (Wildman–Crippen LogP) is 5.38. The van der Waals surface area contributed by atoms with Crippen molar-refractivity contribution in [1.29, 1.82) is 0 Å². The molecule has 4 nitrogen and oxygen atoms in total. The maximum atomic E-state index is 10.4. The van der Waals surface area contributed by atoms with Crippen molar-refractivity contribution >= 4 is 27.4 Å². The Bertz CT molecular complexity index is 1050. The molecule has 24 heavy (non-hydrogen) atoms. The fourth-order valence-electron chi connectivity index (χ4n) is 2.78. The molecule has 0 aliphatic carbocycles. The normalized spacial score (nSPS) is 11.5. The highest BCUT2D eigenvalue weighted by molar-refractivity contribution is 5.89. The largest absolute Gasteiger partial charge is 0.507 e. The molecule has 3 aromatic carbocycles. The van der Waals surface area contributed by atoms with E-state index in [9.17, 15) is 5.11 Å². The Morgan fingerprint density at radius 1 is 0.833 bits per heavy atom. The van der Waals surface area contributed by atoms with E-state index in [1.807, 2.05) is 66.7 Å². The maximum absolute atomic E-state index is 10.4. The molecule has 0 atom stereocenters. The molecule has 0 saturated carbocycles. The van der Waals surface area contributed by atoms with Crippen molar-refractivity contribution in [3.63, 3.8) is 0 Å². The number of aromatic nitrogens is 1. The zero-order valence-corrected chi connectivity index (χ0v) is 12.9. The number of phenols is 1. The summed E-state index contributed by atoms with van der Waals surface area (Å²) in [4.78, 5) is 4.36. The van der Waals surface area contributed by atoms with E-state index in [0.717, 1.165) is 32.9 Å². The van der Waals surface area contributed by atoms with Crippen LogP contribution in [0.5, 0.6) is 5.75 Å². The number of hydrogen-bond acceptors (Lipinski definition) is 4. The lowest BCUT2D eigenvalue weighted by Crippen LogP contribution is -1.84. The Morgan fingerprint density at radius 3 is 2.62 bits per heavy atom. The summed E-state index contributed by atoms with van der Waals surface area (Å²) in [5.41, 5.74) is 2.31. The van der Waals surface area contributed by atoms with Gasteiger partial charge in [0, 0.05) is 22.5 Å². The zero-order valence-electron chi connectivity index (χ0n) is 12.9. The van der Waals surface area contributed by atoms with E-state index in [4.69, 9.17) is 0 Å². The first-order chi connectivity index (χ1) is 11.8. The second kappa shape index (κ2) is 6.08. The van der Waals surface area contributed by atoms with Gasteiger partial charge < -0.3 is 5.11 Å². The summed E-state index contributed by atoms with van der Waals surface area (Å²) in [6.07, 6.45) is 1.75. The Balaban J connectivity index is 1.65. The molecule has 0 aliphatic heterocycles. The Hall–Kier alpha value is -3.27. The van der Waals surface area contributed by atoms with Crippen LogP contribution in [0.15, 0.2) is 83.2 Å². The summed E-state index contributed by atoms with van der Waals surface area (Å²) < 4.78 is 0. The molecule has 0 unspecified atom stereocenters. The predicted molar refractivity (Wildman–Crippen MR) is 95.6 cm³/mol. The summed E-state index contributed by atoms with van der Waals surface area (Å²) in [5.74, 6) is 0.267. The van der Waals surface area contributed by atoms with Crippen LogP contribution in [-0.4, -0.2) is 10.1 Å². The van der Waals surface area contributed by atoms with Crippen LogP contribution < -0.4 is 0 Å². The summed E-state index contributed by atoms with van der Waals surface area (Å²) in [7, 11) is 0. The molecule has 0 spiro atoms. The van der Waals surface area contributed by atoms with Gasteiger partial charge in [0.2, 0.25) is 0 Å². The highest BCUT2D eigenvalue weighted by atomic mass is 16.3. The standard InChI is InChI=1S/C20H15N3O/c24-20-16(11-10-14-5-1-2-8-17(14)20)13-22-23-18-9-3-6-15-7-4-12-21-19(15)18/h1-12,24H,13H2. The van der Waals surface area contributed by atoms with Crippen molar-refractivity contribution in [2.75, 3.05) is 0 Å². The van der Waals surface area contributed by atoms with Gasteiger partial charge in [-0.05, 0) is 17.5 Å². The average molecular weight is 313 g/mol. The fourth-order valence-corrected chi connectivity index (χ4v) is 2.78.